The molecule has 1 amide bonds. The Bertz CT molecular complexity index is 327. The van der Waals surface area contributed by atoms with Crippen molar-refractivity contribution in [1.29, 1.82) is 0 Å². The van der Waals surface area contributed by atoms with Gasteiger partial charge in [0.25, 0.3) is 0 Å². The fourth-order valence-corrected chi connectivity index (χ4v) is 3.33. The molecular formula is C15H26N2O. The van der Waals surface area contributed by atoms with Gasteiger partial charge in [-0.2, -0.15) is 0 Å². The lowest BCUT2D eigenvalue weighted by molar-refractivity contribution is -0.142. The normalized spacial score (nSPS) is 24.3. The summed E-state index contributed by atoms with van der Waals surface area (Å²) in [5, 5.41) is 0. The van der Waals surface area contributed by atoms with Crippen LogP contribution in [0, 0.1) is 5.41 Å². The van der Waals surface area contributed by atoms with E-state index in [1.165, 1.54) is 18.4 Å². The number of nitrogens with two attached hydrogens (primary N) is 1. The van der Waals surface area contributed by atoms with Crippen molar-refractivity contribution in [3.8, 4) is 0 Å². The lowest BCUT2D eigenvalue weighted by Gasteiger charge is -2.37. The van der Waals surface area contributed by atoms with Crippen LogP contribution in [0.15, 0.2) is 11.6 Å². The summed E-state index contributed by atoms with van der Waals surface area (Å²) >= 11 is 0. The smallest absolute Gasteiger partial charge is 0.230 e. The van der Waals surface area contributed by atoms with Crippen molar-refractivity contribution in [2.24, 2.45) is 11.1 Å². The Kier molecular flexibility index (Phi) is 4.44. The van der Waals surface area contributed by atoms with Gasteiger partial charge in [-0.05, 0) is 26.2 Å². The Morgan fingerprint density at radius 1 is 1.33 bits per heavy atom. The molecule has 2 aliphatic rings. The lowest BCUT2D eigenvalue weighted by Crippen LogP contribution is -2.49. The van der Waals surface area contributed by atoms with E-state index in [9.17, 15) is 4.79 Å². The van der Waals surface area contributed by atoms with E-state index >= 15 is 0 Å². The van der Waals surface area contributed by atoms with Crippen molar-refractivity contribution >= 4 is 5.91 Å². The fourth-order valence-electron chi connectivity index (χ4n) is 3.33. The third-order valence-electron chi connectivity index (χ3n) is 4.52. The molecule has 0 aromatic rings. The molecule has 1 aliphatic carbocycles. The largest absolute Gasteiger partial charge is 0.338 e. The Morgan fingerprint density at radius 3 is 2.56 bits per heavy atom. The van der Waals surface area contributed by atoms with E-state index in [2.05, 4.69) is 13.0 Å². The first kappa shape index (κ1) is 13.6. The molecule has 3 nitrogen and oxygen atoms in total. The fraction of sp³-hybridized carbons (Fsp3) is 0.800. The van der Waals surface area contributed by atoms with Crippen LogP contribution in [0.1, 0.15) is 51.9 Å². The standard InChI is InChI=1S/C15H26N2O/c1-13-7-6-10-17(11-13)14(18)15(12-16)8-4-2-3-5-9-15/h7H,2-6,8-12,16H2,1H3. The first-order chi connectivity index (χ1) is 8.68. The minimum atomic E-state index is -0.256. The van der Waals surface area contributed by atoms with Gasteiger partial charge in [0.2, 0.25) is 5.91 Å². The molecule has 18 heavy (non-hydrogen) atoms. The molecule has 0 radical (unpaired) electrons. The maximum Gasteiger partial charge on any atom is 0.230 e. The summed E-state index contributed by atoms with van der Waals surface area (Å²) in [5.41, 5.74) is 7.05. The third-order valence-corrected chi connectivity index (χ3v) is 4.52. The monoisotopic (exact) mass is 250 g/mol. The molecule has 0 unspecified atom stereocenters. The highest BCUT2D eigenvalue weighted by molar-refractivity contribution is 5.83. The van der Waals surface area contributed by atoms with E-state index in [4.69, 9.17) is 5.73 Å². The Balaban J connectivity index is 2.11. The maximum absolute atomic E-state index is 12.8. The van der Waals surface area contributed by atoms with Crippen molar-refractivity contribution < 1.29 is 4.79 Å². The highest BCUT2D eigenvalue weighted by atomic mass is 16.2. The number of rotatable bonds is 2. The molecule has 2 N–H and O–H groups in total. The summed E-state index contributed by atoms with van der Waals surface area (Å²) < 4.78 is 0. The second kappa shape index (κ2) is 5.87. The van der Waals surface area contributed by atoms with E-state index < -0.39 is 0 Å². The molecule has 1 saturated carbocycles. The van der Waals surface area contributed by atoms with Gasteiger partial charge in [0.05, 0.1) is 5.41 Å². The first-order valence-corrected chi connectivity index (χ1v) is 7.33. The summed E-state index contributed by atoms with van der Waals surface area (Å²) in [5.74, 6) is 0.319. The van der Waals surface area contributed by atoms with Gasteiger partial charge in [0.15, 0.2) is 0 Å². The minimum Gasteiger partial charge on any atom is -0.338 e. The highest BCUT2D eigenvalue weighted by Crippen LogP contribution is 2.36. The van der Waals surface area contributed by atoms with Gasteiger partial charge in [0.1, 0.15) is 0 Å². The van der Waals surface area contributed by atoms with E-state index in [1.54, 1.807) is 0 Å². The Hall–Kier alpha value is -0.830. The van der Waals surface area contributed by atoms with Crippen molar-refractivity contribution in [3.63, 3.8) is 0 Å². The molecule has 1 heterocycles. The number of hydrogen-bond acceptors (Lipinski definition) is 2. The zero-order valence-electron chi connectivity index (χ0n) is 11.6. The molecule has 1 aliphatic heterocycles. The van der Waals surface area contributed by atoms with Crippen LogP contribution in [-0.2, 0) is 4.79 Å². The number of amides is 1. The van der Waals surface area contributed by atoms with Crippen LogP contribution in [0.2, 0.25) is 0 Å². The number of carbonyl (C=O) groups is 1. The van der Waals surface area contributed by atoms with E-state index in [1.807, 2.05) is 4.90 Å². The van der Waals surface area contributed by atoms with E-state index in [-0.39, 0.29) is 5.41 Å². The predicted octanol–water partition coefficient (Wildman–Crippen LogP) is 2.46. The molecule has 0 saturated heterocycles. The predicted molar refractivity (Wildman–Crippen MR) is 74.1 cm³/mol. The summed E-state index contributed by atoms with van der Waals surface area (Å²) in [6, 6.07) is 0. The second-order valence-electron chi connectivity index (χ2n) is 5.96. The topological polar surface area (TPSA) is 46.3 Å². The maximum atomic E-state index is 12.8. The van der Waals surface area contributed by atoms with Gasteiger partial charge in [-0.15, -0.1) is 0 Å². The average Bonchev–Trinajstić information content (AvgIpc) is 2.64. The molecule has 1 fully saturated rings. The van der Waals surface area contributed by atoms with Gasteiger partial charge in [0, 0.05) is 19.6 Å². The lowest BCUT2D eigenvalue weighted by atomic mass is 9.78. The van der Waals surface area contributed by atoms with Crippen LogP contribution in [-0.4, -0.2) is 30.4 Å². The average molecular weight is 250 g/mol. The van der Waals surface area contributed by atoms with Crippen molar-refractivity contribution in [1.82, 2.24) is 4.90 Å². The quantitative estimate of drug-likeness (QED) is 0.604. The number of hydrogen-bond donors (Lipinski definition) is 1. The number of nitrogens with zero attached hydrogens (tertiary/aromatic N) is 1. The molecule has 3 heteroatoms. The number of carbonyl (C=O) groups excluding carboxylic acids is 1. The zero-order chi connectivity index (χ0) is 13.0. The van der Waals surface area contributed by atoms with Crippen LogP contribution >= 0.6 is 0 Å². The van der Waals surface area contributed by atoms with Crippen LogP contribution in [0.5, 0.6) is 0 Å². The van der Waals surface area contributed by atoms with Crippen molar-refractivity contribution in [2.45, 2.75) is 51.9 Å². The summed E-state index contributed by atoms with van der Waals surface area (Å²) in [6.07, 6.45) is 10.0. The Morgan fingerprint density at radius 2 is 2.00 bits per heavy atom. The summed E-state index contributed by atoms with van der Waals surface area (Å²) in [7, 11) is 0. The molecule has 2 rings (SSSR count). The summed E-state index contributed by atoms with van der Waals surface area (Å²) in [6.45, 7) is 4.31. The van der Waals surface area contributed by atoms with Crippen LogP contribution < -0.4 is 5.73 Å². The molecule has 0 atom stereocenters. The van der Waals surface area contributed by atoms with Gasteiger partial charge >= 0.3 is 0 Å². The van der Waals surface area contributed by atoms with Gasteiger partial charge in [-0.25, -0.2) is 0 Å². The van der Waals surface area contributed by atoms with Gasteiger partial charge in [-0.3, -0.25) is 4.79 Å². The van der Waals surface area contributed by atoms with Crippen LogP contribution in [0.25, 0.3) is 0 Å². The van der Waals surface area contributed by atoms with Crippen molar-refractivity contribution in [3.05, 3.63) is 11.6 Å². The third kappa shape index (κ3) is 2.77. The Labute approximate surface area is 110 Å². The molecule has 0 aromatic carbocycles. The molecule has 0 aromatic heterocycles. The van der Waals surface area contributed by atoms with Gasteiger partial charge in [-0.1, -0.05) is 37.3 Å². The highest BCUT2D eigenvalue weighted by Gasteiger charge is 2.40. The first-order valence-electron chi connectivity index (χ1n) is 7.33. The SMILES string of the molecule is CC1=CCCN(C(=O)C2(CN)CCCCCC2)C1. The molecule has 0 bridgehead atoms. The van der Waals surface area contributed by atoms with Crippen LogP contribution in [0.4, 0.5) is 0 Å². The summed E-state index contributed by atoms with van der Waals surface area (Å²) in [4.78, 5) is 14.9. The van der Waals surface area contributed by atoms with E-state index in [0.717, 1.165) is 45.2 Å². The van der Waals surface area contributed by atoms with Crippen molar-refractivity contribution in [2.75, 3.05) is 19.6 Å². The molecule has 102 valence electrons. The molecular weight excluding hydrogens is 224 g/mol. The van der Waals surface area contributed by atoms with E-state index in [0.29, 0.717) is 12.5 Å². The van der Waals surface area contributed by atoms with Crippen LogP contribution in [0.3, 0.4) is 0 Å². The minimum absolute atomic E-state index is 0.256. The van der Waals surface area contributed by atoms with Gasteiger partial charge < -0.3 is 10.6 Å². The molecule has 0 spiro atoms. The second-order valence-corrected chi connectivity index (χ2v) is 5.96. The zero-order valence-corrected chi connectivity index (χ0v) is 11.6.